The van der Waals surface area contributed by atoms with Crippen LogP contribution >= 0.6 is 27.7 Å². The lowest BCUT2D eigenvalue weighted by molar-refractivity contribution is -0.136. The first-order valence-corrected chi connectivity index (χ1v) is 6.15. The molecule has 1 aromatic rings. The van der Waals surface area contributed by atoms with Crippen molar-refractivity contribution in [2.75, 3.05) is 0 Å². The molecular formula is C10H8BrF3O2S. The van der Waals surface area contributed by atoms with Crippen LogP contribution in [0.2, 0.25) is 0 Å². The summed E-state index contributed by atoms with van der Waals surface area (Å²) in [5.41, 5.74) is -3.99. The van der Waals surface area contributed by atoms with Crippen LogP contribution in [0.3, 0.4) is 0 Å². The van der Waals surface area contributed by atoms with E-state index in [0.29, 0.717) is 10.0 Å². The van der Waals surface area contributed by atoms with E-state index in [1.807, 2.05) is 0 Å². The van der Waals surface area contributed by atoms with Crippen LogP contribution in [0.1, 0.15) is 12.0 Å². The Kier molecular flexibility index (Phi) is 4.88. The van der Waals surface area contributed by atoms with Gasteiger partial charge in [-0.15, -0.1) is 0 Å². The molecule has 0 fully saturated rings. The fourth-order valence-corrected chi connectivity index (χ4v) is 2.30. The van der Waals surface area contributed by atoms with Crippen molar-refractivity contribution in [3.05, 3.63) is 28.2 Å². The van der Waals surface area contributed by atoms with Crippen LogP contribution < -0.4 is 0 Å². The number of carboxylic acids is 1. The minimum Gasteiger partial charge on any atom is -0.481 e. The number of thioether (sulfide) groups is 1. The molecule has 0 heterocycles. The molecule has 17 heavy (non-hydrogen) atoms. The van der Waals surface area contributed by atoms with Gasteiger partial charge in [0.2, 0.25) is 0 Å². The zero-order valence-corrected chi connectivity index (χ0v) is 10.8. The summed E-state index contributed by atoms with van der Waals surface area (Å²) in [5.74, 6) is -1.03. The Hall–Kier alpha value is -0.690. The Bertz CT molecular complexity index is 421. The topological polar surface area (TPSA) is 37.3 Å². The molecule has 1 aromatic carbocycles. The van der Waals surface area contributed by atoms with Gasteiger partial charge in [0.25, 0.3) is 0 Å². The van der Waals surface area contributed by atoms with Gasteiger partial charge < -0.3 is 5.11 Å². The summed E-state index contributed by atoms with van der Waals surface area (Å²) in [7, 11) is 0. The van der Waals surface area contributed by atoms with Gasteiger partial charge in [0.05, 0.1) is 0 Å². The number of aliphatic carboxylic acids is 1. The summed E-state index contributed by atoms with van der Waals surface area (Å²) < 4.78 is 37.4. The number of hydrogen-bond donors (Lipinski definition) is 1. The van der Waals surface area contributed by atoms with Crippen LogP contribution in [0.15, 0.2) is 27.6 Å². The van der Waals surface area contributed by atoms with Gasteiger partial charge in [-0.1, -0.05) is 15.9 Å². The van der Waals surface area contributed by atoms with Crippen LogP contribution in [0.4, 0.5) is 13.2 Å². The van der Waals surface area contributed by atoms with E-state index in [2.05, 4.69) is 15.9 Å². The second kappa shape index (κ2) is 5.77. The molecule has 2 nitrogen and oxygen atoms in total. The normalized spacial score (nSPS) is 11.5. The zero-order chi connectivity index (χ0) is 13.1. The van der Waals surface area contributed by atoms with E-state index < -0.39 is 11.5 Å². The van der Waals surface area contributed by atoms with Crippen LogP contribution in [0.5, 0.6) is 0 Å². The summed E-state index contributed by atoms with van der Waals surface area (Å²) >= 11 is 2.92. The highest BCUT2D eigenvalue weighted by Crippen LogP contribution is 2.39. The summed E-state index contributed by atoms with van der Waals surface area (Å²) in [4.78, 5) is 10.5. The highest BCUT2D eigenvalue weighted by atomic mass is 79.9. The van der Waals surface area contributed by atoms with Gasteiger partial charge in [0, 0.05) is 15.8 Å². The van der Waals surface area contributed by atoms with E-state index >= 15 is 0 Å². The van der Waals surface area contributed by atoms with Crippen LogP contribution in [-0.4, -0.2) is 16.6 Å². The Balaban J connectivity index is 2.91. The average molecular weight is 329 g/mol. The molecular weight excluding hydrogens is 321 g/mol. The van der Waals surface area contributed by atoms with Crippen molar-refractivity contribution < 1.29 is 23.1 Å². The molecule has 0 saturated heterocycles. The number of carbonyl (C=O) groups is 1. The maximum absolute atomic E-state index is 12.3. The number of halogens is 4. The average Bonchev–Trinajstić information content (AvgIpc) is 2.16. The number of hydrogen-bond acceptors (Lipinski definition) is 2. The third kappa shape index (κ3) is 5.45. The van der Waals surface area contributed by atoms with Gasteiger partial charge in [-0.2, -0.15) is 13.2 Å². The number of carboxylic acid groups (broad SMARTS) is 1. The summed E-state index contributed by atoms with van der Waals surface area (Å²) in [6.45, 7) is 0. The maximum atomic E-state index is 12.3. The third-order valence-electron chi connectivity index (χ3n) is 1.86. The van der Waals surface area contributed by atoms with Crippen molar-refractivity contribution >= 4 is 33.7 Å². The molecule has 0 spiro atoms. The number of benzene rings is 1. The molecule has 0 saturated carbocycles. The fraction of sp³-hybridized carbons (Fsp3) is 0.300. The Morgan fingerprint density at radius 3 is 2.59 bits per heavy atom. The van der Waals surface area contributed by atoms with Crippen molar-refractivity contribution in [2.45, 2.75) is 23.2 Å². The highest BCUT2D eigenvalue weighted by molar-refractivity contribution is 9.10. The highest BCUT2D eigenvalue weighted by Gasteiger charge is 2.30. The maximum Gasteiger partial charge on any atom is 0.446 e. The first-order valence-electron chi connectivity index (χ1n) is 4.54. The predicted molar refractivity (Wildman–Crippen MR) is 62.0 cm³/mol. The van der Waals surface area contributed by atoms with E-state index in [4.69, 9.17) is 5.11 Å². The van der Waals surface area contributed by atoms with Crippen LogP contribution in [-0.2, 0) is 11.2 Å². The molecule has 1 N–H and O–H groups in total. The standard InChI is InChI=1S/C10H8BrF3O2S/c11-7-2-3-8(17-10(12,13)14)6(5-7)1-4-9(15)16/h2-3,5H,1,4H2,(H,15,16). The van der Waals surface area contributed by atoms with Crippen molar-refractivity contribution in [3.8, 4) is 0 Å². The lowest BCUT2D eigenvalue weighted by atomic mass is 10.1. The van der Waals surface area contributed by atoms with Crippen molar-refractivity contribution in [2.24, 2.45) is 0 Å². The molecule has 94 valence electrons. The van der Waals surface area contributed by atoms with Gasteiger partial charge in [0.15, 0.2) is 0 Å². The largest absolute Gasteiger partial charge is 0.481 e. The molecule has 0 aliphatic rings. The smallest absolute Gasteiger partial charge is 0.446 e. The molecule has 0 amide bonds. The van der Waals surface area contributed by atoms with Crippen molar-refractivity contribution in [3.63, 3.8) is 0 Å². The van der Waals surface area contributed by atoms with Gasteiger partial charge in [-0.05, 0) is 41.9 Å². The SMILES string of the molecule is O=C(O)CCc1cc(Br)ccc1SC(F)(F)F. The second-order valence-corrected chi connectivity index (χ2v) is 5.22. The summed E-state index contributed by atoms with van der Waals surface area (Å²) in [6, 6.07) is 4.34. The first kappa shape index (κ1) is 14.4. The van der Waals surface area contributed by atoms with Gasteiger partial charge in [-0.3, -0.25) is 4.79 Å². The minimum atomic E-state index is -4.37. The first-order chi connectivity index (χ1) is 7.78. The van der Waals surface area contributed by atoms with E-state index in [1.54, 1.807) is 0 Å². The Labute approximate surface area is 108 Å². The minimum absolute atomic E-state index is 0.0435. The molecule has 0 aromatic heterocycles. The molecule has 0 radical (unpaired) electrons. The summed E-state index contributed by atoms with van der Waals surface area (Å²) in [6.07, 6.45) is -0.116. The van der Waals surface area contributed by atoms with E-state index in [1.165, 1.54) is 18.2 Å². The van der Waals surface area contributed by atoms with E-state index in [0.717, 1.165) is 0 Å². The number of alkyl halides is 3. The van der Waals surface area contributed by atoms with Crippen LogP contribution in [0.25, 0.3) is 0 Å². The molecule has 1 rings (SSSR count). The van der Waals surface area contributed by atoms with Gasteiger partial charge in [0.1, 0.15) is 0 Å². The quantitative estimate of drug-likeness (QED) is 0.846. The lowest BCUT2D eigenvalue weighted by Crippen LogP contribution is -2.03. The zero-order valence-electron chi connectivity index (χ0n) is 8.42. The molecule has 0 atom stereocenters. The molecule has 0 bridgehead atoms. The van der Waals surface area contributed by atoms with Crippen LogP contribution in [0, 0.1) is 0 Å². The lowest BCUT2D eigenvalue weighted by Gasteiger charge is -2.10. The number of aryl methyl sites for hydroxylation is 1. The van der Waals surface area contributed by atoms with E-state index in [9.17, 15) is 18.0 Å². The number of rotatable bonds is 4. The van der Waals surface area contributed by atoms with Gasteiger partial charge >= 0.3 is 11.5 Å². The molecule has 0 aliphatic carbocycles. The monoisotopic (exact) mass is 328 g/mol. The molecule has 0 unspecified atom stereocenters. The predicted octanol–water partition coefficient (Wildman–Crippen LogP) is 4.08. The Morgan fingerprint density at radius 2 is 2.06 bits per heavy atom. The Morgan fingerprint density at radius 1 is 1.41 bits per heavy atom. The third-order valence-corrected chi connectivity index (χ3v) is 3.20. The van der Waals surface area contributed by atoms with E-state index in [-0.39, 0.29) is 29.5 Å². The van der Waals surface area contributed by atoms with Crippen molar-refractivity contribution in [1.29, 1.82) is 0 Å². The summed E-state index contributed by atoms with van der Waals surface area (Å²) in [5, 5.41) is 8.53. The molecule has 7 heteroatoms. The van der Waals surface area contributed by atoms with Crippen molar-refractivity contribution in [1.82, 2.24) is 0 Å². The molecule has 0 aliphatic heterocycles. The second-order valence-electron chi connectivity index (χ2n) is 3.19. The van der Waals surface area contributed by atoms with Gasteiger partial charge in [-0.25, -0.2) is 0 Å². The fourth-order valence-electron chi connectivity index (χ4n) is 1.21.